The molecule has 0 amide bonds. The molecule has 5 heteroatoms. The second kappa shape index (κ2) is 8.65. The van der Waals surface area contributed by atoms with Gasteiger partial charge in [0.25, 0.3) is 0 Å². The second-order valence-corrected chi connectivity index (χ2v) is 6.84. The molecule has 1 N–H and O–H groups in total. The number of aliphatic hydroxyl groups excluding tert-OH is 1. The summed E-state index contributed by atoms with van der Waals surface area (Å²) in [5, 5.41) is 11.2. The van der Waals surface area contributed by atoms with E-state index >= 15 is 0 Å². The van der Waals surface area contributed by atoms with Crippen LogP contribution in [-0.4, -0.2) is 49.7 Å². The van der Waals surface area contributed by atoms with Crippen LogP contribution in [0.5, 0.6) is 0 Å². The van der Waals surface area contributed by atoms with Crippen molar-refractivity contribution in [2.45, 2.75) is 43.2 Å². The van der Waals surface area contributed by atoms with Gasteiger partial charge in [-0.05, 0) is 11.1 Å². The molecular weight excluding hydrogens is 344 g/mol. The summed E-state index contributed by atoms with van der Waals surface area (Å²) in [5.74, 6) is -1.14. The van der Waals surface area contributed by atoms with Crippen LogP contribution >= 0.6 is 0 Å². The van der Waals surface area contributed by atoms with Gasteiger partial charge < -0.3 is 19.3 Å². The zero-order valence-corrected chi connectivity index (χ0v) is 15.8. The number of rotatable bonds is 5. The third kappa shape index (κ3) is 3.90. The van der Waals surface area contributed by atoms with Crippen LogP contribution in [0.3, 0.4) is 0 Å². The van der Waals surface area contributed by atoms with Gasteiger partial charge in [-0.3, -0.25) is 4.79 Å². The van der Waals surface area contributed by atoms with Crippen LogP contribution in [0.4, 0.5) is 0 Å². The Labute approximate surface area is 159 Å². The van der Waals surface area contributed by atoms with Crippen molar-refractivity contribution in [2.75, 3.05) is 14.2 Å². The van der Waals surface area contributed by atoms with E-state index in [0.29, 0.717) is 0 Å². The van der Waals surface area contributed by atoms with Gasteiger partial charge >= 0.3 is 5.97 Å². The highest BCUT2D eigenvalue weighted by Crippen LogP contribution is 2.45. The first-order chi connectivity index (χ1) is 13.1. The van der Waals surface area contributed by atoms with E-state index in [0.717, 1.165) is 11.1 Å². The molecule has 0 aromatic heterocycles. The van der Waals surface area contributed by atoms with Gasteiger partial charge in [-0.2, -0.15) is 0 Å². The Kier molecular flexibility index (Phi) is 6.26. The molecule has 6 atom stereocenters. The van der Waals surface area contributed by atoms with E-state index in [2.05, 4.69) is 0 Å². The predicted molar refractivity (Wildman–Crippen MR) is 102 cm³/mol. The summed E-state index contributed by atoms with van der Waals surface area (Å²) < 4.78 is 17.3. The Bertz CT molecular complexity index is 733. The molecule has 2 aromatic carbocycles. The number of hydrogen-bond acceptors (Lipinski definition) is 5. The smallest absolute Gasteiger partial charge is 0.303 e. The van der Waals surface area contributed by atoms with Crippen LogP contribution in [0.2, 0.25) is 0 Å². The van der Waals surface area contributed by atoms with E-state index < -0.39 is 36.3 Å². The molecule has 3 rings (SSSR count). The third-order valence-corrected chi connectivity index (χ3v) is 5.31. The minimum Gasteiger partial charge on any atom is -0.459 e. The largest absolute Gasteiger partial charge is 0.459 e. The van der Waals surface area contributed by atoms with Crippen LogP contribution < -0.4 is 0 Å². The fourth-order valence-corrected chi connectivity index (χ4v) is 4.22. The summed E-state index contributed by atoms with van der Waals surface area (Å²) in [5.41, 5.74) is 1.85. The molecule has 2 aromatic rings. The maximum absolute atomic E-state index is 11.9. The number of hydrogen-bond donors (Lipinski definition) is 1. The van der Waals surface area contributed by atoms with Gasteiger partial charge in [0.05, 0.1) is 18.1 Å². The highest BCUT2D eigenvalue weighted by atomic mass is 16.6. The van der Waals surface area contributed by atoms with Gasteiger partial charge in [0.1, 0.15) is 12.2 Å². The third-order valence-electron chi connectivity index (χ3n) is 5.31. The highest BCUT2D eigenvalue weighted by molar-refractivity contribution is 5.66. The summed E-state index contributed by atoms with van der Waals surface area (Å²) in [6.45, 7) is 1.38. The number of carbonyl (C=O) groups excluding carboxylic acids is 1. The first-order valence-electron chi connectivity index (χ1n) is 9.09. The number of esters is 1. The van der Waals surface area contributed by atoms with E-state index in [-0.39, 0.29) is 5.92 Å². The second-order valence-electron chi connectivity index (χ2n) is 6.84. The molecule has 0 aliphatic heterocycles. The molecule has 0 saturated heterocycles. The van der Waals surface area contributed by atoms with E-state index in [9.17, 15) is 9.90 Å². The maximum atomic E-state index is 11.9. The van der Waals surface area contributed by atoms with E-state index in [1.807, 2.05) is 60.7 Å². The molecule has 6 unspecified atom stereocenters. The first kappa shape index (κ1) is 19.5. The molecule has 5 nitrogen and oxygen atoms in total. The molecule has 1 aliphatic rings. The van der Waals surface area contributed by atoms with Gasteiger partial charge in [0.2, 0.25) is 0 Å². The van der Waals surface area contributed by atoms with Crippen molar-refractivity contribution in [3.05, 3.63) is 71.8 Å². The summed E-state index contributed by atoms with van der Waals surface area (Å²) in [7, 11) is 3.19. The first-order valence-corrected chi connectivity index (χ1v) is 9.09. The molecule has 1 aliphatic carbocycles. The molecule has 0 spiro atoms. The topological polar surface area (TPSA) is 65.0 Å². The quantitative estimate of drug-likeness (QED) is 0.820. The Hall–Kier alpha value is -2.21. The van der Waals surface area contributed by atoms with Gasteiger partial charge in [0, 0.05) is 27.1 Å². The lowest BCUT2D eigenvalue weighted by atomic mass is 9.68. The Morgan fingerprint density at radius 1 is 0.778 bits per heavy atom. The van der Waals surface area contributed by atoms with E-state index in [1.165, 1.54) is 6.92 Å². The number of methoxy groups -OCH3 is 2. The molecule has 0 heterocycles. The van der Waals surface area contributed by atoms with Gasteiger partial charge in [0.15, 0.2) is 0 Å². The summed E-state index contributed by atoms with van der Waals surface area (Å²) >= 11 is 0. The number of benzene rings is 2. The lowest BCUT2D eigenvalue weighted by molar-refractivity contribution is -0.184. The number of aliphatic hydroxyl groups is 1. The maximum Gasteiger partial charge on any atom is 0.303 e. The lowest BCUT2D eigenvalue weighted by Gasteiger charge is -2.48. The van der Waals surface area contributed by atoms with Crippen LogP contribution in [-0.2, 0) is 19.0 Å². The van der Waals surface area contributed by atoms with Crippen molar-refractivity contribution >= 4 is 5.97 Å². The van der Waals surface area contributed by atoms with Crippen LogP contribution in [0.25, 0.3) is 0 Å². The molecule has 1 fully saturated rings. The van der Waals surface area contributed by atoms with Crippen molar-refractivity contribution < 1.29 is 24.1 Å². The number of carbonyl (C=O) groups is 1. The average Bonchev–Trinajstić information content (AvgIpc) is 2.68. The molecule has 144 valence electrons. The van der Waals surface area contributed by atoms with Gasteiger partial charge in [-0.25, -0.2) is 0 Å². The molecule has 1 saturated carbocycles. The minimum absolute atomic E-state index is 0.277. The molecular formula is C22H26O5. The standard InChI is InChI=1S/C22H26O5/c1-14(23)27-22-17(15-10-6-4-7-11-15)19(24)20(25-2)18(21(22)26-3)16-12-8-5-9-13-16/h4-13,17-22,24H,1-3H3. The summed E-state index contributed by atoms with van der Waals surface area (Å²) in [6, 6.07) is 19.3. The zero-order chi connectivity index (χ0) is 19.4. The normalized spacial score (nSPS) is 30.7. The van der Waals surface area contributed by atoms with Crippen LogP contribution in [0.1, 0.15) is 29.9 Å². The monoisotopic (exact) mass is 370 g/mol. The van der Waals surface area contributed by atoms with Crippen molar-refractivity contribution in [3.63, 3.8) is 0 Å². The number of ether oxygens (including phenoxy) is 3. The molecule has 27 heavy (non-hydrogen) atoms. The zero-order valence-electron chi connectivity index (χ0n) is 15.8. The van der Waals surface area contributed by atoms with Crippen molar-refractivity contribution in [2.24, 2.45) is 0 Å². The lowest BCUT2D eigenvalue weighted by Crippen LogP contribution is -2.58. The van der Waals surface area contributed by atoms with Crippen molar-refractivity contribution in [1.82, 2.24) is 0 Å². The Balaban J connectivity index is 2.10. The van der Waals surface area contributed by atoms with Crippen LogP contribution in [0, 0.1) is 0 Å². The van der Waals surface area contributed by atoms with Gasteiger partial charge in [-0.15, -0.1) is 0 Å². The van der Waals surface area contributed by atoms with Crippen LogP contribution in [0.15, 0.2) is 60.7 Å². The SMILES string of the molecule is COC1C(O)C(c2ccccc2)C(OC(C)=O)C(OC)C1c1ccccc1. The van der Waals surface area contributed by atoms with Crippen molar-refractivity contribution in [3.8, 4) is 0 Å². The Morgan fingerprint density at radius 3 is 1.70 bits per heavy atom. The fraction of sp³-hybridized carbons (Fsp3) is 0.409. The molecule has 0 bridgehead atoms. The highest BCUT2D eigenvalue weighted by Gasteiger charge is 2.53. The molecule has 0 radical (unpaired) electrons. The van der Waals surface area contributed by atoms with Crippen molar-refractivity contribution in [1.29, 1.82) is 0 Å². The van der Waals surface area contributed by atoms with E-state index in [4.69, 9.17) is 14.2 Å². The summed E-state index contributed by atoms with van der Waals surface area (Å²) in [4.78, 5) is 11.9. The average molecular weight is 370 g/mol. The Morgan fingerprint density at radius 2 is 1.26 bits per heavy atom. The predicted octanol–water partition coefficient (Wildman–Crippen LogP) is 2.89. The minimum atomic E-state index is -0.863. The van der Waals surface area contributed by atoms with Gasteiger partial charge in [-0.1, -0.05) is 60.7 Å². The summed E-state index contributed by atoms with van der Waals surface area (Å²) in [6.07, 6.45) is -2.47. The van der Waals surface area contributed by atoms with E-state index in [1.54, 1.807) is 14.2 Å². The fourth-order valence-electron chi connectivity index (χ4n) is 4.22.